The number of unbranched alkanes of at least 4 members (excludes halogenated alkanes) is 1. The van der Waals surface area contributed by atoms with Gasteiger partial charge in [0.2, 0.25) is 5.75 Å². The van der Waals surface area contributed by atoms with Gasteiger partial charge in [-0.3, -0.25) is 4.79 Å². The maximum absolute atomic E-state index is 13.2. The van der Waals surface area contributed by atoms with Crippen molar-refractivity contribution in [3.8, 4) is 17.2 Å². The first-order chi connectivity index (χ1) is 12.2. The first-order valence-electron chi connectivity index (χ1n) is 8.33. The van der Waals surface area contributed by atoms with Crippen molar-refractivity contribution in [2.75, 3.05) is 32.8 Å². The fraction of sp³-hybridized carbons (Fsp3) is 0.350. The molecule has 2 rings (SSSR count). The van der Waals surface area contributed by atoms with Crippen LogP contribution in [0.1, 0.15) is 30.1 Å². The Morgan fingerprint density at radius 2 is 1.56 bits per heavy atom. The normalized spacial score (nSPS) is 10.2. The van der Waals surface area contributed by atoms with Crippen LogP contribution in [0, 0.1) is 0 Å². The number of carbonyl (C=O) groups is 1. The third-order valence-electron chi connectivity index (χ3n) is 3.96. The molecule has 0 unspecified atom stereocenters. The molecule has 0 saturated heterocycles. The molecule has 0 fully saturated rings. The smallest absolute Gasteiger partial charge is 0.258 e. The molecule has 2 aromatic carbocycles. The number of ether oxygens (including phenoxy) is 3. The van der Waals surface area contributed by atoms with Crippen LogP contribution < -0.4 is 19.1 Å². The summed E-state index contributed by atoms with van der Waals surface area (Å²) >= 11 is 0. The molecule has 0 atom stereocenters. The highest BCUT2D eigenvalue weighted by Gasteiger charge is 2.22. The van der Waals surface area contributed by atoms with Gasteiger partial charge < -0.3 is 19.1 Å². The Morgan fingerprint density at radius 3 is 2.04 bits per heavy atom. The SMILES string of the molecule is CCCCN(C(=O)c1cc(OC)c(OC)c(OC)c1)c1ccccc1. The quantitative estimate of drug-likeness (QED) is 0.722. The summed E-state index contributed by atoms with van der Waals surface area (Å²) in [4.78, 5) is 14.9. The molecule has 134 valence electrons. The van der Waals surface area contributed by atoms with E-state index in [-0.39, 0.29) is 5.91 Å². The summed E-state index contributed by atoms with van der Waals surface area (Å²) in [6, 6.07) is 13.0. The van der Waals surface area contributed by atoms with Crippen LogP contribution in [-0.2, 0) is 0 Å². The number of hydrogen-bond donors (Lipinski definition) is 0. The summed E-state index contributed by atoms with van der Waals surface area (Å²) in [5.74, 6) is 1.31. The molecule has 0 aliphatic carbocycles. The highest BCUT2D eigenvalue weighted by atomic mass is 16.5. The summed E-state index contributed by atoms with van der Waals surface area (Å²) in [5, 5.41) is 0. The van der Waals surface area contributed by atoms with Gasteiger partial charge in [0, 0.05) is 17.8 Å². The van der Waals surface area contributed by atoms with Crippen molar-refractivity contribution >= 4 is 11.6 Å². The van der Waals surface area contributed by atoms with E-state index in [1.165, 1.54) is 14.2 Å². The molecule has 0 N–H and O–H groups in total. The number of hydrogen-bond acceptors (Lipinski definition) is 4. The van der Waals surface area contributed by atoms with Crippen LogP contribution in [0.3, 0.4) is 0 Å². The Morgan fingerprint density at radius 1 is 0.960 bits per heavy atom. The van der Waals surface area contributed by atoms with Crippen LogP contribution in [0.5, 0.6) is 17.2 Å². The number of methoxy groups -OCH3 is 3. The van der Waals surface area contributed by atoms with E-state index in [0.29, 0.717) is 29.4 Å². The summed E-state index contributed by atoms with van der Waals surface area (Å²) < 4.78 is 16.0. The lowest BCUT2D eigenvalue weighted by Crippen LogP contribution is -2.32. The number of para-hydroxylation sites is 1. The van der Waals surface area contributed by atoms with Crippen LogP contribution >= 0.6 is 0 Å². The van der Waals surface area contributed by atoms with Gasteiger partial charge in [-0.15, -0.1) is 0 Å². The maximum atomic E-state index is 13.2. The second kappa shape index (κ2) is 8.97. The van der Waals surface area contributed by atoms with E-state index in [0.717, 1.165) is 18.5 Å². The van der Waals surface area contributed by atoms with Crippen LogP contribution in [0.4, 0.5) is 5.69 Å². The summed E-state index contributed by atoms with van der Waals surface area (Å²) in [6.45, 7) is 2.75. The van der Waals surface area contributed by atoms with Crippen LogP contribution in [-0.4, -0.2) is 33.8 Å². The summed E-state index contributed by atoms with van der Waals surface area (Å²) in [6.07, 6.45) is 1.93. The molecule has 0 radical (unpaired) electrons. The van der Waals surface area contributed by atoms with Crippen molar-refractivity contribution < 1.29 is 19.0 Å². The Hall–Kier alpha value is -2.69. The van der Waals surface area contributed by atoms with E-state index in [1.54, 1.807) is 24.1 Å². The predicted molar refractivity (Wildman–Crippen MR) is 99.1 cm³/mol. The second-order valence-corrected chi connectivity index (χ2v) is 5.56. The van der Waals surface area contributed by atoms with Gasteiger partial charge in [0.25, 0.3) is 5.91 Å². The van der Waals surface area contributed by atoms with Crippen molar-refractivity contribution in [3.63, 3.8) is 0 Å². The van der Waals surface area contributed by atoms with Crippen molar-refractivity contribution in [2.24, 2.45) is 0 Å². The molecule has 0 bridgehead atoms. The van der Waals surface area contributed by atoms with E-state index >= 15 is 0 Å². The molecule has 2 aromatic rings. The van der Waals surface area contributed by atoms with E-state index in [1.807, 2.05) is 30.3 Å². The zero-order valence-electron chi connectivity index (χ0n) is 15.2. The van der Waals surface area contributed by atoms with Crippen LogP contribution in [0.25, 0.3) is 0 Å². The average molecular weight is 343 g/mol. The number of anilines is 1. The van der Waals surface area contributed by atoms with Gasteiger partial charge in [0.1, 0.15) is 0 Å². The largest absolute Gasteiger partial charge is 0.493 e. The number of rotatable bonds is 8. The molecule has 5 nitrogen and oxygen atoms in total. The van der Waals surface area contributed by atoms with E-state index in [4.69, 9.17) is 14.2 Å². The number of benzene rings is 2. The first kappa shape index (κ1) is 18.6. The third-order valence-corrected chi connectivity index (χ3v) is 3.96. The minimum atomic E-state index is -0.0982. The molecular weight excluding hydrogens is 318 g/mol. The fourth-order valence-corrected chi connectivity index (χ4v) is 2.63. The Bertz CT molecular complexity index is 675. The average Bonchev–Trinajstić information content (AvgIpc) is 2.67. The molecule has 0 spiro atoms. The van der Waals surface area contributed by atoms with Gasteiger partial charge >= 0.3 is 0 Å². The summed E-state index contributed by atoms with van der Waals surface area (Å²) in [5.41, 5.74) is 1.36. The molecule has 0 saturated carbocycles. The fourth-order valence-electron chi connectivity index (χ4n) is 2.63. The Balaban J connectivity index is 2.44. The van der Waals surface area contributed by atoms with Crippen molar-refractivity contribution in [1.29, 1.82) is 0 Å². The first-order valence-corrected chi connectivity index (χ1v) is 8.33. The molecule has 0 heterocycles. The molecule has 0 aliphatic rings. The lowest BCUT2D eigenvalue weighted by Gasteiger charge is -2.23. The topological polar surface area (TPSA) is 48.0 Å². The summed E-state index contributed by atoms with van der Waals surface area (Å²) in [7, 11) is 4.62. The van der Waals surface area contributed by atoms with Gasteiger partial charge in [0.15, 0.2) is 11.5 Å². The van der Waals surface area contributed by atoms with E-state index in [2.05, 4.69) is 6.92 Å². The minimum absolute atomic E-state index is 0.0982. The van der Waals surface area contributed by atoms with Crippen molar-refractivity contribution in [3.05, 3.63) is 48.0 Å². The number of carbonyl (C=O) groups excluding carboxylic acids is 1. The molecule has 25 heavy (non-hydrogen) atoms. The molecule has 1 amide bonds. The second-order valence-electron chi connectivity index (χ2n) is 5.56. The molecule has 0 aliphatic heterocycles. The predicted octanol–water partition coefficient (Wildman–Crippen LogP) is 4.16. The monoisotopic (exact) mass is 343 g/mol. The minimum Gasteiger partial charge on any atom is -0.493 e. The lowest BCUT2D eigenvalue weighted by atomic mass is 10.1. The number of amides is 1. The van der Waals surface area contributed by atoms with Gasteiger partial charge in [-0.1, -0.05) is 31.5 Å². The highest BCUT2D eigenvalue weighted by Crippen LogP contribution is 2.38. The zero-order valence-corrected chi connectivity index (χ0v) is 15.2. The Kier molecular flexibility index (Phi) is 6.69. The zero-order chi connectivity index (χ0) is 18.2. The van der Waals surface area contributed by atoms with Crippen LogP contribution in [0.2, 0.25) is 0 Å². The highest BCUT2D eigenvalue weighted by molar-refractivity contribution is 6.06. The van der Waals surface area contributed by atoms with Gasteiger partial charge in [-0.2, -0.15) is 0 Å². The van der Waals surface area contributed by atoms with Gasteiger partial charge in [-0.25, -0.2) is 0 Å². The maximum Gasteiger partial charge on any atom is 0.258 e. The van der Waals surface area contributed by atoms with Crippen LogP contribution in [0.15, 0.2) is 42.5 Å². The standard InChI is InChI=1S/C20H25NO4/c1-5-6-12-21(16-10-8-7-9-11-16)20(22)15-13-17(23-2)19(25-4)18(14-15)24-3/h7-11,13-14H,5-6,12H2,1-4H3. The number of nitrogens with zero attached hydrogens (tertiary/aromatic N) is 1. The van der Waals surface area contributed by atoms with Crippen molar-refractivity contribution in [2.45, 2.75) is 19.8 Å². The lowest BCUT2D eigenvalue weighted by molar-refractivity contribution is 0.0985. The molecule has 0 aromatic heterocycles. The molecular formula is C20H25NO4. The molecule has 5 heteroatoms. The van der Waals surface area contributed by atoms with Gasteiger partial charge in [0.05, 0.1) is 21.3 Å². The van der Waals surface area contributed by atoms with Crippen molar-refractivity contribution in [1.82, 2.24) is 0 Å². The Labute approximate surface area is 149 Å². The van der Waals surface area contributed by atoms with E-state index in [9.17, 15) is 4.79 Å². The van der Waals surface area contributed by atoms with Gasteiger partial charge in [-0.05, 0) is 30.7 Å². The van der Waals surface area contributed by atoms with E-state index < -0.39 is 0 Å². The third kappa shape index (κ3) is 4.24.